The van der Waals surface area contributed by atoms with E-state index in [-0.39, 0.29) is 35.0 Å². The molecule has 3 rings (SSSR count). The predicted molar refractivity (Wildman–Crippen MR) is 83.9 cm³/mol. The predicted octanol–water partition coefficient (Wildman–Crippen LogP) is 1.53. The molecule has 3 aromatic rings. The van der Waals surface area contributed by atoms with Gasteiger partial charge >= 0.3 is 0 Å². The summed E-state index contributed by atoms with van der Waals surface area (Å²) < 4.78 is 12.9. The number of hydrogen-bond donors (Lipinski definition) is 1. The first-order chi connectivity index (χ1) is 11.9. The van der Waals surface area contributed by atoms with Crippen LogP contribution in [0.25, 0.3) is 11.4 Å². The summed E-state index contributed by atoms with van der Waals surface area (Å²) in [6.07, 6.45) is 0. The average molecular weight is 342 g/mol. The fraction of sp³-hybridized carbons (Fsp3) is 0.0667. The number of carbonyl (C=O) groups is 1. The third-order valence-electron chi connectivity index (χ3n) is 3.43. The van der Waals surface area contributed by atoms with E-state index in [0.29, 0.717) is 5.56 Å². The molecule has 0 unspecified atom stereocenters. The van der Waals surface area contributed by atoms with Crippen LogP contribution in [-0.2, 0) is 6.54 Å². The number of aromatic nitrogens is 4. The van der Waals surface area contributed by atoms with Crippen molar-refractivity contribution >= 4 is 11.6 Å². The highest BCUT2D eigenvalue weighted by Gasteiger charge is 2.18. The Labute approximate surface area is 140 Å². The third-order valence-corrected chi connectivity index (χ3v) is 3.43. The molecular weight excluding hydrogens is 331 g/mol. The molecular formula is C15H11FN6O3. The lowest BCUT2D eigenvalue weighted by molar-refractivity contribution is -0.385. The lowest BCUT2D eigenvalue weighted by Crippen LogP contribution is -2.12. The first-order valence-electron chi connectivity index (χ1n) is 7.05. The number of hydrogen-bond acceptors (Lipinski definition) is 6. The molecule has 1 amide bonds. The number of amides is 1. The van der Waals surface area contributed by atoms with Crippen molar-refractivity contribution in [2.45, 2.75) is 6.54 Å². The molecule has 25 heavy (non-hydrogen) atoms. The zero-order valence-corrected chi connectivity index (χ0v) is 12.7. The summed E-state index contributed by atoms with van der Waals surface area (Å²) in [5, 5.41) is 23.0. The Balaban J connectivity index is 1.89. The van der Waals surface area contributed by atoms with Gasteiger partial charge in [-0.3, -0.25) is 14.9 Å². The van der Waals surface area contributed by atoms with Crippen LogP contribution in [0.3, 0.4) is 0 Å². The number of primary amides is 1. The number of carbonyl (C=O) groups excluding carboxylic acids is 1. The number of nitrogens with zero attached hydrogens (tertiary/aromatic N) is 5. The highest BCUT2D eigenvalue weighted by Crippen LogP contribution is 2.21. The molecule has 0 aliphatic heterocycles. The lowest BCUT2D eigenvalue weighted by atomic mass is 10.1. The van der Waals surface area contributed by atoms with Crippen LogP contribution in [0.5, 0.6) is 0 Å². The molecule has 10 heteroatoms. The van der Waals surface area contributed by atoms with Crippen molar-refractivity contribution in [2.24, 2.45) is 5.73 Å². The van der Waals surface area contributed by atoms with Crippen LogP contribution in [0.4, 0.5) is 10.1 Å². The maximum atomic E-state index is 12.9. The van der Waals surface area contributed by atoms with Gasteiger partial charge in [0.2, 0.25) is 11.7 Å². The Bertz CT molecular complexity index is 954. The van der Waals surface area contributed by atoms with Gasteiger partial charge in [0.25, 0.3) is 5.69 Å². The molecule has 126 valence electrons. The summed E-state index contributed by atoms with van der Waals surface area (Å²) in [6, 6.07) is 9.45. The van der Waals surface area contributed by atoms with E-state index in [4.69, 9.17) is 5.73 Å². The summed E-state index contributed by atoms with van der Waals surface area (Å²) in [6.45, 7) is -0.0243. The van der Waals surface area contributed by atoms with E-state index in [9.17, 15) is 19.3 Å². The monoisotopic (exact) mass is 342 g/mol. The number of nitro groups is 1. The molecule has 2 N–H and O–H groups in total. The van der Waals surface area contributed by atoms with Gasteiger partial charge < -0.3 is 5.73 Å². The van der Waals surface area contributed by atoms with Crippen molar-refractivity contribution in [1.82, 2.24) is 20.2 Å². The van der Waals surface area contributed by atoms with Gasteiger partial charge in [-0.05, 0) is 41.6 Å². The number of nitro benzene ring substituents is 1. The van der Waals surface area contributed by atoms with E-state index in [1.165, 1.54) is 41.2 Å². The Hall–Kier alpha value is -3.69. The van der Waals surface area contributed by atoms with E-state index in [2.05, 4.69) is 15.4 Å². The van der Waals surface area contributed by atoms with Crippen LogP contribution in [0.1, 0.15) is 15.9 Å². The van der Waals surface area contributed by atoms with Crippen molar-refractivity contribution in [3.05, 3.63) is 69.5 Å². The number of halogens is 1. The molecule has 2 aromatic carbocycles. The normalized spacial score (nSPS) is 10.6. The van der Waals surface area contributed by atoms with Crippen molar-refractivity contribution in [3.63, 3.8) is 0 Å². The van der Waals surface area contributed by atoms with Gasteiger partial charge in [-0.15, -0.1) is 10.2 Å². The van der Waals surface area contributed by atoms with Crippen molar-refractivity contribution in [1.29, 1.82) is 0 Å². The molecule has 0 aliphatic rings. The average Bonchev–Trinajstić information content (AvgIpc) is 3.04. The number of benzene rings is 2. The Morgan fingerprint density at radius 2 is 1.96 bits per heavy atom. The van der Waals surface area contributed by atoms with E-state index < -0.39 is 10.8 Å². The van der Waals surface area contributed by atoms with Gasteiger partial charge in [0, 0.05) is 17.2 Å². The molecule has 0 aliphatic carbocycles. The minimum absolute atomic E-state index is 0.0243. The van der Waals surface area contributed by atoms with Crippen LogP contribution in [0.15, 0.2) is 42.5 Å². The van der Waals surface area contributed by atoms with Crippen LogP contribution in [0, 0.1) is 15.9 Å². The Morgan fingerprint density at radius 1 is 1.24 bits per heavy atom. The standard InChI is InChI=1S/C15H11FN6O3/c16-12-5-3-9(4-6-12)15-18-20-21(19-15)8-11-2-1-10(14(17)23)7-13(11)22(24)25/h1-7H,8H2,(H2,17,23). The summed E-state index contributed by atoms with van der Waals surface area (Å²) in [5.41, 5.74) is 5.76. The summed E-state index contributed by atoms with van der Waals surface area (Å²) >= 11 is 0. The first kappa shape index (κ1) is 16.2. The SMILES string of the molecule is NC(=O)c1ccc(Cn2nnc(-c3ccc(F)cc3)n2)c([N+](=O)[O-])c1. The molecule has 0 spiro atoms. The zero-order valence-electron chi connectivity index (χ0n) is 12.7. The Kier molecular flexibility index (Phi) is 4.16. The summed E-state index contributed by atoms with van der Waals surface area (Å²) in [5.74, 6) is -0.884. The topological polar surface area (TPSA) is 130 Å². The van der Waals surface area contributed by atoms with Crippen LogP contribution >= 0.6 is 0 Å². The Morgan fingerprint density at radius 3 is 2.60 bits per heavy atom. The highest BCUT2D eigenvalue weighted by molar-refractivity contribution is 5.93. The van der Waals surface area contributed by atoms with E-state index in [1.54, 1.807) is 0 Å². The maximum absolute atomic E-state index is 12.9. The highest BCUT2D eigenvalue weighted by atomic mass is 19.1. The molecule has 0 saturated carbocycles. The smallest absolute Gasteiger partial charge is 0.275 e. The van der Waals surface area contributed by atoms with E-state index in [0.717, 1.165) is 6.07 Å². The molecule has 0 fully saturated rings. The van der Waals surface area contributed by atoms with Gasteiger partial charge in [-0.1, -0.05) is 0 Å². The van der Waals surface area contributed by atoms with Gasteiger partial charge in [-0.25, -0.2) is 4.39 Å². The second-order valence-corrected chi connectivity index (χ2v) is 5.12. The molecule has 0 bridgehead atoms. The van der Waals surface area contributed by atoms with Gasteiger partial charge in [-0.2, -0.15) is 4.80 Å². The number of nitrogens with two attached hydrogens (primary N) is 1. The molecule has 1 aromatic heterocycles. The lowest BCUT2D eigenvalue weighted by Gasteiger charge is -2.03. The largest absolute Gasteiger partial charge is 0.366 e. The third kappa shape index (κ3) is 3.47. The molecule has 0 saturated heterocycles. The van der Waals surface area contributed by atoms with Crippen LogP contribution in [0.2, 0.25) is 0 Å². The van der Waals surface area contributed by atoms with Crippen molar-refractivity contribution in [2.75, 3.05) is 0 Å². The fourth-order valence-corrected chi connectivity index (χ4v) is 2.20. The van der Waals surface area contributed by atoms with Gasteiger partial charge in [0.05, 0.1) is 17.0 Å². The minimum Gasteiger partial charge on any atom is -0.366 e. The first-order valence-corrected chi connectivity index (χ1v) is 7.05. The fourth-order valence-electron chi connectivity index (χ4n) is 2.20. The van der Waals surface area contributed by atoms with Crippen LogP contribution < -0.4 is 5.73 Å². The maximum Gasteiger partial charge on any atom is 0.275 e. The van der Waals surface area contributed by atoms with Crippen LogP contribution in [-0.4, -0.2) is 31.0 Å². The molecule has 1 heterocycles. The van der Waals surface area contributed by atoms with E-state index >= 15 is 0 Å². The summed E-state index contributed by atoms with van der Waals surface area (Å²) in [7, 11) is 0. The molecule has 9 nitrogen and oxygen atoms in total. The second-order valence-electron chi connectivity index (χ2n) is 5.12. The quantitative estimate of drug-likeness (QED) is 0.553. The van der Waals surface area contributed by atoms with Gasteiger partial charge in [0.1, 0.15) is 5.82 Å². The van der Waals surface area contributed by atoms with Gasteiger partial charge in [0.15, 0.2) is 0 Å². The zero-order chi connectivity index (χ0) is 18.0. The second kappa shape index (κ2) is 6.43. The van der Waals surface area contributed by atoms with Crippen molar-refractivity contribution in [3.8, 4) is 11.4 Å². The van der Waals surface area contributed by atoms with E-state index in [1.807, 2.05) is 0 Å². The summed E-state index contributed by atoms with van der Waals surface area (Å²) in [4.78, 5) is 22.9. The van der Waals surface area contributed by atoms with Crippen molar-refractivity contribution < 1.29 is 14.1 Å². The number of tetrazole rings is 1. The molecule has 0 atom stereocenters. The number of rotatable bonds is 5. The molecule has 0 radical (unpaired) electrons. The minimum atomic E-state index is -0.757.